The molecule has 3 atom stereocenters. The van der Waals surface area contributed by atoms with Crippen molar-refractivity contribution in [3.63, 3.8) is 0 Å². The summed E-state index contributed by atoms with van der Waals surface area (Å²) >= 11 is 0. The zero-order valence-electron chi connectivity index (χ0n) is 12.8. The molecular formula is C16H21NO4S. The molecule has 6 heteroatoms. The number of carbonyl (C=O) groups excluding carboxylic acids is 1. The third-order valence-corrected chi connectivity index (χ3v) is 6.10. The molecule has 1 amide bonds. The molecular weight excluding hydrogens is 302 g/mol. The van der Waals surface area contributed by atoms with Crippen molar-refractivity contribution in [1.82, 2.24) is 4.90 Å². The van der Waals surface area contributed by atoms with E-state index in [0.717, 1.165) is 0 Å². The maximum Gasteiger partial charge on any atom is 0.335 e. The minimum Gasteiger partial charge on any atom is -0.478 e. The molecule has 1 aliphatic heterocycles. The maximum absolute atomic E-state index is 12.4. The summed E-state index contributed by atoms with van der Waals surface area (Å²) in [6, 6.07) is 6.71. The molecule has 5 nitrogen and oxygen atoms in total. The van der Waals surface area contributed by atoms with E-state index in [1.807, 2.05) is 13.8 Å². The lowest BCUT2D eigenvalue weighted by atomic mass is 10.0. The summed E-state index contributed by atoms with van der Waals surface area (Å²) in [7, 11) is -0.874. The van der Waals surface area contributed by atoms with Gasteiger partial charge in [0.15, 0.2) is 0 Å². The number of aromatic carboxylic acids is 1. The number of carboxylic acid groups (broad SMARTS) is 1. The minimum absolute atomic E-state index is 0.00348. The van der Waals surface area contributed by atoms with Crippen molar-refractivity contribution in [2.24, 2.45) is 0 Å². The maximum atomic E-state index is 12.4. The number of amides is 1. The van der Waals surface area contributed by atoms with Gasteiger partial charge in [-0.15, -0.1) is 0 Å². The molecule has 2 rings (SSSR count). The van der Waals surface area contributed by atoms with E-state index >= 15 is 0 Å². The van der Waals surface area contributed by atoms with E-state index in [9.17, 15) is 13.8 Å². The van der Waals surface area contributed by atoms with Crippen molar-refractivity contribution in [2.45, 2.75) is 38.0 Å². The Kier molecular flexibility index (Phi) is 5.34. The van der Waals surface area contributed by atoms with Gasteiger partial charge in [-0.05, 0) is 31.9 Å². The highest BCUT2D eigenvalue weighted by atomic mass is 32.2. The van der Waals surface area contributed by atoms with Gasteiger partial charge in [0.05, 0.1) is 10.8 Å². The first kappa shape index (κ1) is 16.7. The Morgan fingerprint density at radius 3 is 2.68 bits per heavy atom. The molecule has 120 valence electrons. The van der Waals surface area contributed by atoms with Gasteiger partial charge in [-0.3, -0.25) is 9.00 Å². The lowest BCUT2D eigenvalue weighted by Crippen LogP contribution is -2.52. The van der Waals surface area contributed by atoms with Gasteiger partial charge in [0.25, 0.3) is 0 Å². The molecule has 1 N–H and O–H groups in total. The number of hydrogen-bond donors (Lipinski definition) is 1. The first-order chi connectivity index (χ1) is 10.4. The summed E-state index contributed by atoms with van der Waals surface area (Å²) in [6.07, 6.45) is 0.677. The van der Waals surface area contributed by atoms with Gasteiger partial charge in [0, 0.05) is 35.6 Å². The normalized spacial score (nSPS) is 25.0. The number of aryl methyl sites for hydroxylation is 1. The van der Waals surface area contributed by atoms with Crippen LogP contribution < -0.4 is 0 Å². The largest absolute Gasteiger partial charge is 0.478 e. The second kappa shape index (κ2) is 7.05. The number of rotatable bonds is 4. The van der Waals surface area contributed by atoms with Crippen LogP contribution in [-0.2, 0) is 22.0 Å². The van der Waals surface area contributed by atoms with E-state index in [0.29, 0.717) is 24.3 Å². The first-order valence-corrected chi connectivity index (χ1v) is 8.78. The summed E-state index contributed by atoms with van der Waals surface area (Å²) in [5.74, 6) is -0.460. The molecule has 0 radical (unpaired) electrons. The predicted molar refractivity (Wildman–Crippen MR) is 85.4 cm³/mol. The van der Waals surface area contributed by atoms with E-state index in [-0.39, 0.29) is 29.2 Å². The van der Waals surface area contributed by atoms with E-state index < -0.39 is 16.8 Å². The van der Waals surface area contributed by atoms with Gasteiger partial charge in [-0.2, -0.15) is 0 Å². The van der Waals surface area contributed by atoms with Crippen molar-refractivity contribution < 1.29 is 18.9 Å². The fourth-order valence-electron chi connectivity index (χ4n) is 2.73. The second-order valence-electron chi connectivity index (χ2n) is 5.58. The van der Waals surface area contributed by atoms with Crippen molar-refractivity contribution in [2.75, 3.05) is 12.3 Å². The van der Waals surface area contributed by atoms with E-state index in [4.69, 9.17) is 5.11 Å². The Bertz CT molecular complexity index is 602. The molecule has 0 bridgehead atoms. The lowest BCUT2D eigenvalue weighted by molar-refractivity contribution is -0.133. The Balaban J connectivity index is 2.02. The third-order valence-electron chi connectivity index (χ3n) is 4.30. The van der Waals surface area contributed by atoms with Crippen molar-refractivity contribution in [3.05, 3.63) is 35.4 Å². The average Bonchev–Trinajstić information content (AvgIpc) is 2.50. The molecule has 1 aromatic carbocycles. The van der Waals surface area contributed by atoms with E-state index in [1.54, 1.807) is 29.2 Å². The molecule has 0 spiro atoms. The minimum atomic E-state index is -0.974. The molecule has 1 aromatic rings. The fourth-order valence-corrected chi connectivity index (χ4v) is 4.07. The average molecular weight is 323 g/mol. The van der Waals surface area contributed by atoms with Crippen LogP contribution in [0.15, 0.2) is 24.3 Å². The van der Waals surface area contributed by atoms with E-state index in [2.05, 4.69) is 0 Å². The third kappa shape index (κ3) is 3.55. The lowest BCUT2D eigenvalue weighted by Gasteiger charge is -2.37. The van der Waals surface area contributed by atoms with Crippen LogP contribution in [0.4, 0.5) is 0 Å². The summed E-state index contributed by atoms with van der Waals surface area (Å²) in [6.45, 7) is 4.34. The molecule has 1 heterocycles. The molecule has 0 saturated carbocycles. The first-order valence-electron chi connectivity index (χ1n) is 7.39. The zero-order chi connectivity index (χ0) is 16.3. The summed E-state index contributed by atoms with van der Waals surface area (Å²) in [4.78, 5) is 25.3. The molecule has 1 fully saturated rings. The van der Waals surface area contributed by atoms with Gasteiger partial charge >= 0.3 is 5.97 Å². The quantitative estimate of drug-likeness (QED) is 0.915. The SMILES string of the molecule is CC1C(C)S(=O)CCN1C(=O)CCc1ccccc1C(=O)O. The number of hydrogen-bond acceptors (Lipinski definition) is 3. The molecule has 0 aromatic heterocycles. The Labute approximate surface area is 132 Å². The highest BCUT2D eigenvalue weighted by Crippen LogP contribution is 2.19. The van der Waals surface area contributed by atoms with Crippen LogP contribution in [0.5, 0.6) is 0 Å². The second-order valence-corrected chi connectivity index (χ2v) is 7.49. The highest BCUT2D eigenvalue weighted by Gasteiger charge is 2.32. The van der Waals surface area contributed by atoms with Crippen LogP contribution in [0.3, 0.4) is 0 Å². The smallest absolute Gasteiger partial charge is 0.335 e. The summed E-state index contributed by atoms with van der Waals surface area (Å²) < 4.78 is 11.8. The predicted octanol–water partition coefficient (Wildman–Crippen LogP) is 1.69. The highest BCUT2D eigenvalue weighted by molar-refractivity contribution is 7.85. The van der Waals surface area contributed by atoms with Crippen LogP contribution in [0.25, 0.3) is 0 Å². The number of benzene rings is 1. The molecule has 1 saturated heterocycles. The summed E-state index contributed by atoms with van der Waals surface area (Å²) in [5.41, 5.74) is 0.918. The van der Waals surface area contributed by atoms with Crippen molar-refractivity contribution >= 4 is 22.7 Å². The molecule has 0 aliphatic carbocycles. The molecule has 1 aliphatic rings. The molecule has 22 heavy (non-hydrogen) atoms. The van der Waals surface area contributed by atoms with Gasteiger partial charge in [-0.25, -0.2) is 4.79 Å². The van der Waals surface area contributed by atoms with Crippen molar-refractivity contribution in [3.8, 4) is 0 Å². The fraction of sp³-hybridized carbons (Fsp3) is 0.500. The van der Waals surface area contributed by atoms with Crippen LogP contribution in [0, 0.1) is 0 Å². The monoisotopic (exact) mass is 323 g/mol. The number of nitrogens with zero attached hydrogens (tertiary/aromatic N) is 1. The van der Waals surface area contributed by atoms with Gasteiger partial charge in [0.1, 0.15) is 0 Å². The zero-order valence-corrected chi connectivity index (χ0v) is 13.6. The number of carboxylic acids is 1. The number of carbonyl (C=O) groups is 2. The topological polar surface area (TPSA) is 74.7 Å². The van der Waals surface area contributed by atoms with Crippen LogP contribution in [0.2, 0.25) is 0 Å². The molecule has 3 unspecified atom stereocenters. The van der Waals surface area contributed by atoms with Gasteiger partial charge in [0.2, 0.25) is 5.91 Å². The Morgan fingerprint density at radius 2 is 2.00 bits per heavy atom. The van der Waals surface area contributed by atoms with Crippen LogP contribution >= 0.6 is 0 Å². The van der Waals surface area contributed by atoms with Crippen LogP contribution in [0.1, 0.15) is 36.2 Å². The van der Waals surface area contributed by atoms with Crippen LogP contribution in [-0.4, -0.2) is 49.7 Å². The Morgan fingerprint density at radius 1 is 1.32 bits per heavy atom. The Hall–Kier alpha value is -1.69. The van der Waals surface area contributed by atoms with E-state index in [1.165, 1.54) is 0 Å². The van der Waals surface area contributed by atoms with Gasteiger partial charge < -0.3 is 10.0 Å². The van der Waals surface area contributed by atoms with Gasteiger partial charge in [-0.1, -0.05) is 18.2 Å². The summed E-state index contributed by atoms with van der Waals surface area (Å²) in [5, 5.41) is 9.13. The standard InChI is InChI=1S/C16H21NO4S/c1-11-12(2)22(21)10-9-17(11)15(18)8-7-13-5-3-4-6-14(13)16(19)20/h3-6,11-12H,7-10H2,1-2H3,(H,19,20). The van der Waals surface area contributed by atoms with Crippen molar-refractivity contribution in [1.29, 1.82) is 0 Å².